The van der Waals surface area contributed by atoms with Gasteiger partial charge in [-0.1, -0.05) is 61.4 Å². The van der Waals surface area contributed by atoms with Gasteiger partial charge in [0, 0.05) is 15.8 Å². The molecule has 0 radical (unpaired) electrons. The first-order valence-corrected chi connectivity index (χ1v) is 10.7. The molecule has 29 heavy (non-hydrogen) atoms. The minimum absolute atomic E-state index is 0.0126. The summed E-state index contributed by atoms with van der Waals surface area (Å²) in [5, 5.41) is 2.33. The predicted molar refractivity (Wildman–Crippen MR) is 112 cm³/mol. The highest BCUT2D eigenvalue weighted by atomic mass is 32.2. The van der Waals surface area contributed by atoms with Gasteiger partial charge >= 0.3 is 6.03 Å². The van der Waals surface area contributed by atoms with Crippen molar-refractivity contribution < 1.29 is 14.4 Å². The number of urea groups is 1. The van der Waals surface area contributed by atoms with Crippen LogP contribution in [0.15, 0.2) is 70.0 Å². The van der Waals surface area contributed by atoms with Crippen LogP contribution in [0.5, 0.6) is 0 Å². The Balaban J connectivity index is 1.53. The lowest BCUT2D eigenvalue weighted by Gasteiger charge is -2.35. The number of rotatable bonds is 4. The number of hydrogen-bond donors (Lipinski definition) is 1. The quantitative estimate of drug-likeness (QED) is 0.594. The van der Waals surface area contributed by atoms with E-state index in [0.717, 1.165) is 47.5 Å². The summed E-state index contributed by atoms with van der Waals surface area (Å²) < 4.78 is 0. The Hall–Kier alpha value is -2.86. The first-order chi connectivity index (χ1) is 14.1. The van der Waals surface area contributed by atoms with E-state index in [-0.39, 0.29) is 11.6 Å². The largest absolute Gasteiger partial charge is 0.331 e. The van der Waals surface area contributed by atoms with E-state index in [2.05, 4.69) is 5.32 Å². The average molecular weight is 407 g/mol. The van der Waals surface area contributed by atoms with Crippen LogP contribution in [-0.4, -0.2) is 28.8 Å². The Kier molecular flexibility index (Phi) is 5.81. The Morgan fingerprint density at radius 1 is 0.862 bits per heavy atom. The van der Waals surface area contributed by atoms with Crippen molar-refractivity contribution in [2.75, 3.05) is 0 Å². The summed E-state index contributed by atoms with van der Waals surface area (Å²) in [5.74, 6) is -1.12. The Morgan fingerprint density at radius 3 is 2.21 bits per heavy atom. The molecule has 0 unspecified atom stereocenters. The third-order valence-corrected chi connectivity index (χ3v) is 6.26. The smallest absolute Gasteiger partial charge is 0.273 e. The lowest BCUT2D eigenvalue weighted by Crippen LogP contribution is -2.58. The third kappa shape index (κ3) is 4.43. The van der Waals surface area contributed by atoms with Crippen molar-refractivity contribution in [3.8, 4) is 0 Å². The number of imide groups is 2. The number of nitrogens with zero attached hydrogens (tertiary/aromatic N) is 1. The van der Waals surface area contributed by atoms with Crippen LogP contribution < -0.4 is 5.32 Å². The van der Waals surface area contributed by atoms with Crippen LogP contribution in [0, 0.1) is 0 Å². The van der Waals surface area contributed by atoms with Gasteiger partial charge in [0.2, 0.25) is 0 Å². The van der Waals surface area contributed by atoms with Gasteiger partial charge in [-0.3, -0.25) is 19.8 Å². The second-order valence-electron chi connectivity index (χ2n) is 7.27. The molecule has 4 rings (SSSR count). The highest BCUT2D eigenvalue weighted by Crippen LogP contribution is 2.29. The highest BCUT2D eigenvalue weighted by Gasteiger charge is 2.40. The molecule has 1 aliphatic carbocycles. The second kappa shape index (κ2) is 8.66. The molecular weight excluding hydrogens is 384 g/mol. The molecular formula is C23H22N2O3S. The zero-order chi connectivity index (χ0) is 20.2. The van der Waals surface area contributed by atoms with E-state index in [0.29, 0.717) is 0 Å². The Bertz CT molecular complexity index is 948. The molecule has 4 amide bonds. The maximum Gasteiger partial charge on any atom is 0.331 e. The molecule has 0 bridgehead atoms. The first kappa shape index (κ1) is 19.5. The average Bonchev–Trinajstić information content (AvgIpc) is 2.74. The molecule has 6 heteroatoms. The van der Waals surface area contributed by atoms with Gasteiger partial charge in [-0.25, -0.2) is 4.79 Å². The standard InChI is InChI=1S/C23H22N2O3S/c26-21-20(22(27)25(23(28)24-21)17-7-3-1-4-8-17)15-16-11-13-19(14-12-16)29-18-9-5-2-6-10-18/h2,5-6,9-15,17H,1,3-4,7-8H2,(H,24,26,28). The summed E-state index contributed by atoms with van der Waals surface area (Å²) in [7, 11) is 0. The summed E-state index contributed by atoms with van der Waals surface area (Å²) >= 11 is 1.64. The molecule has 2 aromatic carbocycles. The number of barbiturate groups is 1. The van der Waals surface area contributed by atoms with Crippen LogP contribution in [-0.2, 0) is 9.59 Å². The number of nitrogens with one attached hydrogen (secondary N) is 1. The van der Waals surface area contributed by atoms with Gasteiger partial charge in [-0.15, -0.1) is 0 Å². The van der Waals surface area contributed by atoms with Crippen LogP contribution in [0.4, 0.5) is 4.79 Å². The zero-order valence-electron chi connectivity index (χ0n) is 16.0. The van der Waals surface area contributed by atoms with Crippen molar-refractivity contribution in [2.24, 2.45) is 0 Å². The fraction of sp³-hybridized carbons (Fsp3) is 0.261. The highest BCUT2D eigenvalue weighted by molar-refractivity contribution is 7.99. The van der Waals surface area contributed by atoms with Gasteiger partial charge < -0.3 is 0 Å². The van der Waals surface area contributed by atoms with Crippen LogP contribution in [0.2, 0.25) is 0 Å². The van der Waals surface area contributed by atoms with Crippen LogP contribution in [0.1, 0.15) is 37.7 Å². The summed E-state index contributed by atoms with van der Waals surface area (Å²) in [5.41, 5.74) is 0.762. The van der Waals surface area contributed by atoms with Gasteiger partial charge in [0.05, 0.1) is 0 Å². The van der Waals surface area contributed by atoms with Crippen molar-refractivity contribution >= 4 is 35.7 Å². The SMILES string of the molecule is O=C1NC(=O)N(C2CCCCC2)C(=O)C1=Cc1ccc(Sc2ccccc2)cc1. The third-order valence-electron chi connectivity index (χ3n) is 5.24. The maximum absolute atomic E-state index is 12.9. The van der Waals surface area contributed by atoms with Gasteiger partial charge in [0.25, 0.3) is 11.8 Å². The van der Waals surface area contributed by atoms with Gasteiger partial charge in [0.15, 0.2) is 0 Å². The molecule has 2 aliphatic rings. The Labute approximate surface area is 174 Å². The second-order valence-corrected chi connectivity index (χ2v) is 8.42. The van der Waals surface area contributed by atoms with E-state index < -0.39 is 17.8 Å². The van der Waals surface area contributed by atoms with E-state index in [1.807, 2.05) is 54.6 Å². The van der Waals surface area contributed by atoms with Crippen LogP contribution in [0.25, 0.3) is 6.08 Å². The normalized spacial score (nSPS) is 19.5. The van der Waals surface area contributed by atoms with Crippen LogP contribution in [0.3, 0.4) is 0 Å². The van der Waals surface area contributed by atoms with E-state index in [1.54, 1.807) is 17.8 Å². The van der Waals surface area contributed by atoms with Crippen molar-refractivity contribution in [1.29, 1.82) is 0 Å². The first-order valence-electron chi connectivity index (χ1n) is 9.85. The molecule has 1 saturated carbocycles. The minimum atomic E-state index is -0.630. The molecule has 1 N–H and O–H groups in total. The Morgan fingerprint density at radius 2 is 1.52 bits per heavy atom. The molecule has 0 spiro atoms. The molecule has 148 valence electrons. The van der Waals surface area contributed by atoms with E-state index in [1.165, 1.54) is 4.90 Å². The summed E-state index contributed by atoms with van der Waals surface area (Å²) in [4.78, 5) is 41.0. The maximum atomic E-state index is 12.9. The molecule has 0 atom stereocenters. The van der Waals surface area contributed by atoms with Crippen molar-refractivity contribution in [1.82, 2.24) is 10.2 Å². The monoisotopic (exact) mass is 406 g/mol. The van der Waals surface area contributed by atoms with E-state index in [4.69, 9.17) is 0 Å². The van der Waals surface area contributed by atoms with Crippen LogP contribution >= 0.6 is 11.8 Å². The molecule has 2 aromatic rings. The number of carbonyl (C=O) groups is 3. The molecule has 2 fully saturated rings. The molecule has 1 aliphatic heterocycles. The molecule has 1 heterocycles. The number of amides is 4. The van der Waals surface area contributed by atoms with Crippen molar-refractivity contribution in [2.45, 2.75) is 47.9 Å². The summed E-state index contributed by atoms with van der Waals surface area (Å²) in [6, 6.07) is 17.0. The van der Waals surface area contributed by atoms with Crippen molar-refractivity contribution in [3.05, 3.63) is 65.7 Å². The lowest BCUT2D eigenvalue weighted by molar-refractivity contribution is -0.132. The topological polar surface area (TPSA) is 66.5 Å². The van der Waals surface area contributed by atoms with E-state index in [9.17, 15) is 14.4 Å². The fourth-order valence-corrected chi connectivity index (χ4v) is 4.60. The number of carbonyl (C=O) groups excluding carboxylic acids is 3. The number of benzene rings is 2. The minimum Gasteiger partial charge on any atom is -0.273 e. The van der Waals surface area contributed by atoms with Gasteiger partial charge in [0.1, 0.15) is 5.57 Å². The van der Waals surface area contributed by atoms with Gasteiger partial charge in [-0.05, 0) is 48.7 Å². The molecule has 1 saturated heterocycles. The summed E-state index contributed by atoms with van der Waals surface area (Å²) in [6.45, 7) is 0. The van der Waals surface area contributed by atoms with Gasteiger partial charge in [-0.2, -0.15) is 0 Å². The molecule has 0 aromatic heterocycles. The summed E-state index contributed by atoms with van der Waals surface area (Å²) in [6.07, 6.45) is 6.27. The number of hydrogen-bond acceptors (Lipinski definition) is 4. The zero-order valence-corrected chi connectivity index (χ0v) is 16.8. The predicted octanol–water partition coefficient (Wildman–Crippen LogP) is 4.63. The molecule has 5 nitrogen and oxygen atoms in total. The van der Waals surface area contributed by atoms with Crippen molar-refractivity contribution in [3.63, 3.8) is 0 Å². The van der Waals surface area contributed by atoms with E-state index >= 15 is 0 Å². The fourth-order valence-electron chi connectivity index (χ4n) is 3.77. The lowest BCUT2D eigenvalue weighted by atomic mass is 9.93.